The zero-order valence-corrected chi connectivity index (χ0v) is 10.5. The number of ether oxygens (including phenoxy) is 1. The summed E-state index contributed by atoms with van der Waals surface area (Å²) in [5.74, 6) is 7.94. The Balaban J connectivity index is 1.83. The van der Waals surface area contributed by atoms with Gasteiger partial charge in [0.25, 0.3) is 0 Å². The molecule has 0 aliphatic heterocycles. The van der Waals surface area contributed by atoms with Crippen molar-refractivity contribution in [2.45, 2.75) is 25.3 Å². The molecule has 2 fully saturated rings. The summed E-state index contributed by atoms with van der Waals surface area (Å²) >= 11 is 0. The predicted molar refractivity (Wildman–Crippen MR) is 67.3 cm³/mol. The van der Waals surface area contributed by atoms with Gasteiger partial charge in [-0.25, -0.2) is 4.39 Å². The average Bonchev–Trinajstić information content (AvgIpc) is 2.85. The number of hydrazine groups is 1. The lowest BCUT2D eigenvalue weighted by molar-refractivity contribution is 0.397. The molecule has 3 atom stereocenters. The molecule has 2 aliphatic rings. The maximum atomic E-state index is 14.1. The summed E-state index contributed by atoms with van der Waals surface area (Å²) in [6.45, 7) is 0. The molecule has 1 aromatic rings. The molecule has 0 heterocycles. The van der Waals surface area contributed by atoms with Crippen LogP contribution in [0.5, 0.6) is 5.75 Å². The highest BCUT2D eigenvalue weighted by Gasteiger charge is 2.56. The third-order valence-corrected chi connectivity index (χ3v) is 4.58. The maximum absolute atomic E-state index is 14.1. The molecule has 4 heteroatoms. The molecule has 0 radical (unpaired) electrons. The summed E-state index contributed by atoms with van der Waals surface area (Å²) in [6.07, 6.45) is 3.85. The molecule has 0 spiro atoms. The van der Waals surface area contributed by atoms with Gasteiger partial charge in [0, 0.05) is 11.6 Å². The second-order valence-electron chi connectivity index (χ2n) is 5.37. The first-order valence-corrected chi connectivity index (χ1v) is 6.56. The Morgan fingerprint density at radius 2 is 2.11 bits per heavy atom. The highest BCUT2D eigenvalue weighted by atomic mass is 19.1. The van der Waals surface area contributed by atoms with Crippen LogP contribution in [-0.2, 0) is 0 Å². The molecule has 0 bridgehead atoms. The topological polar surface area (TPSA) is 47.3 Å². The van der Waals surface area contributed by atoms with Gasteiger partial charge in [0.15, 0.2) is 0 Å². The second kappa shape index (κ2) is 4.52. The van der Waals surface area contributed by atoms with Gasteiger partial charge in [0.2, 0.25) is 0 Å². The van der Waals surface area contributed by atoms with Crippen molar-refractivity contribution >= 4 is 0 Å². The van der Waals surface area contributed by atoms with E-state index in [1.165, 1.54) is 25.3 Å². The SMILES string of the molecule is COc1ccc(C(NN)C2C3CCCC32)c(F)c1. The number of hydrogen-bond acceptors (Lipinski definition) is 3. The van der Waals surface area contributed by atoms with E-state index < -0.39 is 0 Å². The number of rotatable bonds is 4. The fraction of sp³-hybridized carbons (Fsp3) is 0.571. The van der Waals surface area contributed by atoms with Crippen molar-refractivity contribution in [3.8, 4) is 5.75 Å². The lowest BCUT2D eigenvalue weighted by atomic mass is 9.97. The van der Waals surface area contributed by atoms with Gasteiger partial charge in [-0.15, -0.1) is 0 Å². The molecule has 1 aromatic carbocycles. The Morgan fingerprint density at radius 3 is 2.67 bits per heavy atom. The van der Waals surface area contributed by atoms with Crippen LogP contribution < -0.4 is 16.0 Å². The molecule has 0 amide bonds. The normalized spacial score (nSPS) is 30.9. The number of methoxy groups -OCH3 is 1. The number of nitrogens with two attached hydrogens (primary N) is 1. The van der Waals surface area contributed by atoms with Crippen LogP contribution in [0.1, 0.15) is 30.9 Å². The third kappa shape index (κ3) is 1.80. The van der Waals surface area contributed by atoms with E-state index in [0.717, 1.165) is 11.8 Å². The van der Waals surface area contributed by atoms with Crippen molar-refractivity contribution in [3.05, 3.63) is 29.6 Å². The highest BCUT2D eigenvalue weighted by molar-refractivity contribution is 5.32. The van der Waals surface area contributed by atoms with Gasteiger partial charge in [0.1, 0.15) is 11.6 Å². The molecular weight excluding hydrogens is 231 g/mol. The van der Waals surface area contributed by atoms with Gasteiger partial charge in [-0.3, -0.25) is 11.3 Å². The molecule has 3 N–H and O–H groups in total. The van der Waals surface area contributed by atoms with Crippen LogP contribution in [0.4, 0.5) is 4.39 Å². The third-order valence-electron chi connectivity index (χ3n) is 4.58. The summed E-state index contributed by atoms with van der Waals surface area (Å²) in [4.78, 5) is 0. The predicted octanol–water partition coefficient (Wildman–Crippen LogP) is 2.38. The Bertz CT molecular complexity index is 441. The minimum atomic E-state index is -0.234. The fourth-order valence-electron chi connectivity index (χ4n) is 3.67. The summed E-state index contributed by atoms with van der Waals surface area (Å²) in [5.41, 5.74) is 3.47. The van der Waals surface area contributed by atoms with Gasteiger partial charge in [0.05, 0.1) is 13.2 Å². The van der Waals surface area contributed by atoms with Gasteiger partial charge >= 0.3 is 0 Å². The fourth-order valence-corrected chi connectivity index (χ4v) is 3.67. The van der Waals surface area contributed by atoms with Crippen LogP contribution in [0.2, 0.25) is 0 Å². The zero-order valence-electron chi connectivity index (χ0n) is 10.5. The van der Waals surface area contributed by atoms with E-state index in [-0.39, 0.29) is 11.9 Å². The van der Waals surface area contributed by atoms with Crippen LogP contribution in [-0.4, -0.2) is 7.11 Å². The van der Waals surface area contributed by atoms with Crippen LogP contribution in [0.15, 0.2) is 18.2 Å². The van der Waals surface area contributed by atoms with Crippen molar-refractivity contribution < 1.29 is 9.13 Å². The van der Waals surface area contributed by atoms with Crippen molar-refractivity contribution in [2.24, 2.45) is 23.6 Å². The van der Waals surface area contributed by atoms with Crippen molar-refractivity contribution in [1.29, 1.82) is 0 Å². The van der Waals surface area contributed by atoms with Crippen molar-refractivity contribution in [3.63, 3.8) is 0 Å². The van der Waals surface area contributed by atoms with E-state index in [2.05, 4.69) is 5.43 Å². The van der Waals surface area contributed by atoms with Gasteiger partial charge in [-0.2, -0.15) is 0 Å². The summed E-state index contributed by atoms with van der Waals surface area (Å²) in [5, 5.41) is 0. The van der Waals surface area contributed by atoms with E-state index in [1.54, 1.807) is 19.2 Å². The van der Waals surface area contributed by atoms with Gasteiger partial charge < -0.3 is 4.74 Å². The number of benzene rings is 1. The largest absolute Gasteiger partial charge is 0.497 e. The van der Waals surface area contributed by atoms with Crippen LogP contribution in [0.3, 0.4) is 0 Å². The quantitative estimate of drug-likeness (QED) is 0.637. The number of nitrogens with one attached hydrogen (secondary N) is 1. The second-order valence-corrected chi connectivity index (χ2v) is 5.37. The van der Waals surface area contributed by atoms with E-state index >= 15 is 0 Å². The van der Waals surface area contributed by atoms with Crippen LogP contribution in [0, 0.1) is 23.6 Å². The Hall–Kier alpha value is -1.13. The van der Waals surface area contributed by atoms with Crippen LogP contribution >= 0.6 is 0 Å². The standard InChI is InChI=1S/C14H19FN2O/c1-18-8-5-6-11(12(15)7-8)14(17-16)13-9-3-2-4-10(9)13/h5-7,9-10,13-14,17H,2-4,16H2,1H3. The van der Waals surface area contributed by atoms with Crippen LogP contribution in [0.25, 0.3) is 0 Å². The lowest BCUT2D eigenvalue weighted by Gasteiger charge is -2.19. The zero-order chi connectivity index (χ0) is 12.7. The molecular formula is C14H19FN2O. The van der Waals surface area contributed by atoms with E-state index in [9.17, 15) is 4.39 Å². The molecule has 2 aliphatic carbocycles. The molecule has 18 heavy (non-hydrogen) atoms. The molecule has 3 nitrogen and oxygen atoms in total. The first-order valence-electron chi connectivity index (χ1n) is 6.56. The van der Waals surface area contributed by atoms with Gasteiger partial charge in [-0.1, -0.05) is 12.5 Å². The average molecular weight is 250 g/mol. The molecule has 2 saturated carbocycles. The monoisotopic (exact) mass is 250 g/mol. The molecule has 0 aromatic heterocycles. The number of halogens is 1. The number of hydrogen-bond donors (Lipinski definition) is 2. The molecule has 98 valence electrons. The van der Waals surface area contributed by atoms with E-state index in [0.29, 0.717) is 17.2 Å². The molecule has 3 unspecified atom stereocenters. The minimum absolute atomic E-state index is 0.0637. The molecule has 3 rings (SSSR count). The molecule has 0 saturated heterocycles. The smallest absolute Gasteiger partial charge is 0.131 e. The van der Waals surface area contributed by atoms with Gasteiger partial charge in [-0.05, 0) is 36.7 Å². The van der Waals surface area contributed by atoms with E-state index in [1.807, 2.05) is 0 Å². The van der Waals surface area contributed by atoms with Crippen molar-refractivity contribution in [1.82, 2.24) is 5.43 Å². The maximum Gasteiger partial charge on any atom is 0.131 e. The summed E-state index contributed by atoms with van der Waals surface area (Å²) in [6, 6.07) is 4.94. The highest BCUT2D eigenvalue weighted by Crippen LogP contribution is 2.62. The summed E-state index contributed by atoms with van der Waals surface area (Å²) < 4.78 is 19.1. The summed E-state index contributed by atoms with van der Waals surface area (Å²) in [7, 11) is 1.54. The Kier molecular flexibility index (Phi) is 2.99. The van der Waals surface area contributed by atoms with E-state index in [4.69, 9.17) is 10.6 Å². The Morgan fingerprint density at radius 1 is 1.39 bits per heavy atom. The minimum Gasteiger partial charge on any atom is -0.497 e. The first kappa shape index (κ1) is 11.9. The Labute approximate surface area is 106 Å². The van der Waals surface area contributed by atoms with Crippen molar-refractivity contribution in [2.75, 3.05) is 7.11 Å². The first-order chi connectivity index (χ1) is 8.76. The number of fused-ring (bicyclic) bond motifs is 1. The lowest BCUT2D eigenvalue weighted by Crippen LogP contribution is -2.31.